The summed E-state index contributed by atoms with van der Waals surface area (Å²) >= 11 is 1.11. The topological polar surface area (TPSA) is 80.7 Å². The number of ether oxygens (including phenoxy) is 1. The molecule has 1 rings (SSSR count). The molecular formula is C11H16O5S2. The molecule has 0 spiro atoms. The summed E-state index contributed by atoms with van der Waals surface area (Å²) in [4.78, 5) is 11.8. The van der Waals surface area contributed by atoms with Gasteiger partial charge < -0.3 is 9.84 Å². The van der Waals surface area contributed by atoms with E-state index in [2.05, 4.69) is 0 Å². The average molecular weight is 292 g/mol. The number of carboxylic acids is 1. The quantitative estimate of drug-likeness (QED) is 0.866. The van der Waals surface area contributed by atoms with Gasteiger partial charge in [0.1, 0.15) is 12.4 Å². The van der Waals surface area contributed by atoms with E-state index in [0.717, 1.165) is 16.2 Å². The molecule has 0 unspecified atom stereocenters. The highest BCUT2D eigenvalue weighted by Crippen LogP contribution is 2.28. The number of rotatable bonds is 6. The Bertz CT molecular complexity index is 528. The summed E-state index contributed by atoms with van der Waals surface area (Å²) in [7, 11) is -3.16. The molecule has 1 aromatic rings. The van der Waals surface area contributed by atoms with Crippen LogP contribution in [-0.4, -0.2) is 37.1 Å². The maximum absolute atomic E-state index is 11.6. The van der Waals surface area contributed by atoms with Gasteiger partial charge in [-0.15, -0.1) is 11.3 Å². The second kappa shape index (κ2) is 5.71. The fourth-order valence-corrected chi connectivity index (χ4v) is 2.83. The Morgan fingerprint density at radius 1 is 1.50 bits per heavy atom. The van der Waals surface area contributed by atoms with Crippen LogP contribution in [0.1, 0.15) is 28.4 Å². The number of aromatic carboxylic acids is 1. The summed E-state index contributed by atoms with van der Waals surface area (Å²) in [6.45, 7) is 4.95. The van der Waals surface area contributed by atoms with Crippen molar-refractivity contribution in [3.63, 3.8) is 0 Å². The van der Waals surface area contributed by atoms with Gasteiger partial charge in [-0.2, -0.15) is 0 Å². The van der Waals surface area contributed by atoms with E-state index in [9.17, 15) is 13.2 Å². The van der Waals surface area contributed by atoms with Crippen molar-refractivity contribution in [3.05, 3.63) is 15.8 Å². The third-order valence-corrected chi connectivity index (χ3v) is 5.55. The summed E-state index contributed by atoms with van der Waals surface area (Å²) in [6.07, 6.45) is 0. The molecule has 0 atom stereocenters. The number of thiophene rings is 1. The van der Waals surface area contributed by atoms with E-state index < -0.39 is 21.1 Å². The standard InChI is InChI=1S/C11H16O5S2/c1-7(2)18(14,15)5-4-16-9-6-8(3)17-10(9)11(12)13/h6-7H,4-5H2,1-3H3,(H,12,13). The van der Waals surface area contributed by atoms with Crippen molar-refractivity contribution >= 4 is 27.1 Å². The average Bonchev–Trinajstić information content (AvgIpc) is 2.59. The lowest BCUT2D eigenvalue weighted by molar-refractivity contribution is 0.0698. The molecule has 0 bridgehead atoms. The Morgan fingerprint density at radius 3 is 2.61 bits per heavy atom. The van der Waals surface area contributed by atoms with Crippen LogP contribution in [0, 0.1) is 6.92 Å². The Hall–Kier alpha value is -1.08. The van der Waals surface area contributed by atoms with Gasteiger partial charge in [0.2, 0.25) is 0 Å². The van der Waals surface area contributed by atoms with Gasteiger partial charge in [0.25, 0.3) is 0 Å². The van der Waals surface area contributed by atoms with Crippen LogP contribution in [0.3, 0.4) is 0 Å². The van der Waals surface area contributed by atoms with Gasteiger partial charge >= 0.3 is 5.97 Å². The van der Waals surface area contributed by atoms with E-state index in [1.165, 1.54) is 0 Å². The van der Waals surface area contributed by atoms with Crippen molar-refractivity contribution in [2.45, 2.75) is 26.0 Å². The third kappa shape index (κ3) is 3.71. The molecule has 7 heteroatoms. The van der Waals surface area contributed by atoms with E-state index in [-0.39, 0.29) is 23.0 Å². The van der Waals surface area contributed by atoms with E-state index in [4.69, 9.17) is 9.84 Å². The van der Waals surface area contributed by atoms with Gasteiger partial charge in [0.05, 0.1) is 11.0 Å². The van der Waals surface area contributed by atoms with Crippen molar-refractivity contribution in [2.75, 3.05) is 12.4 Å². The molecule has 0 fully saturated rings. The molecule has 1 heterocycles. The van der Waals surface area contributed by atoms with Crippen LogP contribution in [-0.2, 0) is 9.84 Å². The van der Waals surface area contributed by atoms with Crippen LogP contribution in [0.2, 0.25) is 0 Å². The molecule has 0 aliphatic heterocycles. The minimum absolute atomic E-state index is 0.0308. The molecule has 0 radical (unpaired) electrons. The van der Waals surface area contributed by atoms with Gasteiger partial charge in [-0.05, 0) is 26.8 Å². The Kier molecular flexibility index (Phi) is 4.75. The molecule has 5 nitrogen and oxygen atoms in total. The third-order valence-electron chi connectivity index (χ3n) is 2.36. The molecule has 0 aliphatic rings. The summed E-state index contributed by atoms with van der Waals surface area (Å²) in [5.41, 5.74) is 0. The normalized spacial score (nSPS) is 11.8. The van der Waals surface area contributed by atoms with Crippen LogP contribution in [0.4, 0.5) is 0 Å². The minimum Gasteiger partial charge on any atom is -0.491 e. The monoisotopic (exact) mass is 292 g/mol. The fourth-order valence-electron chi connectivity index (χ4n) is 1.25. The molecule has 1 aromatic heterocycles. The largest absolute Gasteiger partial charge is 0.491 e. The lowest BCUT2D eigenvalue weighted by atomic mass is 10.4. The summed E-state index contributed by atoms with van der Waals surface area (Å²) in [6, 6.07) is 1.61. The molecular weight excluding hydrogens is 276 g/mol. The molecule has 18 heavy (non-hydrogen) atoms. The van der Waals surface area contributed by atoms with Gasteiger partial charge in [-0.1, -0.05) is 0 Å². The lowest BCUT2D eigenvalue weighted by Crippen LogP contribution is -2.22. The first-order valence-corrected chi connectivity index (χ1v) is 7.95. The molecule has 102 valence electrons. The van der Waals surface area contributed by atoms with Crippen LogP contribution in [0.5, 0.6) is 5.75 Å². The highest BCUT2D eigenvalue weighted by atomic mass is 32.2. The summed E-state index contributed by atoms with van der Waals surface area (Å²) in [5.74, 6) is -0.933. The minimum atomic E-state index is -3.16. The first-order chi connectivity index (χ1) is 8.24. The smallest absolute Gasteiger partial charge is 0.349 e. The zero-order valence-electron chi connectivity index (χ0n) is 10.5. The maximum atomic E-state index is 11.6. The molecule has 0 saturated carbocycles. The van der Waals surface area contributed by atoms with Crippen LogP contribution in [0.15, 0.2) is 6.07 Å². The molecule has 1 N–H and O–H groups in total. The number of aryl methyl sites for hydroxylation is 1. The van der Waals surface area contributed by atoms with Crippen LogP contribution < -0.4 is 4.74 Å². The van der Waals surface area contributed by atoms with Crippen molar-refractivity contribution in [1.29, 1.82) is 0 Å². The Balaban J connectivity index is 2.68. The number of carbonyl (C=O) groups is 1. The first-order valence-electron chi connectivity index (χ1n) is 5.42. The van der Waals surface area contributed by atoms with Gasteiger partial charge in [0, 0.05) is 4.88 Å². The van der Waals surface area contributed by atoms with Gasteiger partial charge in [-0.3, -0.25) is 0 Å². The predicted octanol–water partition coefficient (Wildman–Crippen LogP) is 1.96. The molecule has 0 saturated heterocycles. The Labute approximate surface area is 110 Å². The Morgan fingerprint density at radius 2 is 2.11 bits per heavy atom. The zero-order valence-corrected chi connectivity index (χ0v) is 12.1. The van der Waals surface area contributed by atoms with Crippen molar-refractivity contribution in [2.24, 2.45) is 0 Å². The molecule has 0 amide bonds. The highest BCUT2D eigenvalue weighted by molar-refractivity contribution is 7.91. The van der Waals surface area contributed by atoms with Crippen LogP contribution >= 0.6 is 11.3 Å². The first kappa shape index (κ1) is 15.0. The van der Waals surface area contributed by atoms with Gasteiger partial charge in [-0.25, -0.2) is 13.2 Å². The van der Waals surface area contributed by atoms with Crippen molar-refractivity contribution < 1.29 is 23.1 Å². The number of hydrogen-bond acceptors (Lipinski definition) is 5. The van der Waals surface area contributed by atoms with E-state index in [1.807, 2.05) is 0 Å². The SMILES string of the molecule is Cc1cc(OCCS(=O)(=O)C(C)C)c(C(=O)O)s1. The van der Waals surface area contributed by atoms with Crippen molar-refractivity contribution in [1.82, 2.24) is 0 Å². The fraction of sp³-hybridized carbons (Fsp3) is 0.545. The van der Waals surface area contributed by atoms with E-state index in [0.29, 0.717) is 0 Å². The predicted molar refractivity (Wildman–Crippen MR) is 70.4 cm³/mol. The van der Waals surface area contributed by atoms with Crippen molar-refractivity contribution in [3.8, 4) is 5.75 Å². The molecule has 0 aromatic carbocycles. The lowest BCUT2D eigenvalue weighted by Gasteiger charge is -2.08. The second-order valence-electron chi connectivity index (χ2n) is 4.12. The molecule has 0 aliphatic carbocycles. The van der Waals surface area contributed by atoms with Gasteiger partial charge in [0.15, 0.2) is 14.7 Å². The summed E-state index contributed by atoms with van der Waals surface area (Å²) < 4.78 is 28.4. The second-order valence-corrected chi connectivity index (χ2v) is 8.05. The highest BCUT2D eigenvalue weighted by Gasteiger charge is 2.18. The number of sulfone groups is 1. The van der Waals surface area contributed by atoms with Crippen LogP contribution in [0.25, 0.3) is 0 Å². The van der Waals surface area contributed by atoms with E-state index >= 15 is 0 Å². The maximum Gasteiger partial charge on any atom is 0.349 e. The number of carboxylic acid groups (broad SMARTS) is 1. The number of hydrogen-bond donors (Lipinski definition) is 1. The zero-order chi connectivity index (χ0) is 13.9. The van der Waals surface area contributed by atoms with E-state index in [1.54, 1.807) is 26.8 Å². The summed E-state index contributed by atoms with van der Waals surface area (Å²) in [5, 5.41) is 8.48.